The van der Waals surface area contributed by atoms with Gasteiger partial charge in [-0.1, -0.05) is 103 Å². The first-order chi connectivity index (χ1) is 12.3. The SMILES string of the molecule is O=C(O)CS(=O)(=O)O.[CH2-]CCCCCCCCCCCCCCCCC.[Na+]. The van der Waals surface area contributed by atoms with E-state index in [0.717, 1.165) is 6.42 Å². The molecule has 0 aromatic rings. The Kier molecular flexibility index (Phi) is 29.0. The maximum absolute atomic E-state index is 9.62. The van der Waals surface area contributed by atoms with Gasteiger partial charge in [-0.15, -0.1) is 0 Å². The first kappa shape index (κ1) is 32.1. The van der Waals surface area contributed by atoms with E-state index in [1.54, 1.807) is 0 Å². The third kappa shape index (κ3) is 37.8. The van der Waals surface area contributed by atoms with E-state index in [1.165, 1.54) is 96.3 Å². The number of hydrogen-bond donors (Lipinski definition) is 2. The topological polar surface area (TPSA) is 91.7 Å². The number of hydrogen-bond acceptors (Lipinski definition) is 3. The monoisotopic (exact) mass is 416 g/mol. The average molecular weight is 417 g/mol. The van der Waals surface area contributed by atoms with Crippen molar-refractivity contribution in [2.24, 2.45) is 0 Å². The second-order valence-corrected chi connectivity index (χ2v) is 8.38. The Morgan fingerprint density at radius 2 is 1.04 bits per heavy atom. The minimum absolute atomic E-state index is 0. The number of aliphatic carboxylic acids is 1. The molecule has 0 radical (unpaired) electrons. The summed E-state index contributed by atoms with van der Waals surface area (Å²) in [7, 11) is -4.32. The zero-order chi connectivity index (χ0) is 20.1. The fraction of sp³-hybridized carbons (Fsp3) is 0.900. The van der Waals surface area contributed by atoms with Gasteiger partial charge >= 0.3 is 35.5 Å². The summed E-state index contributed by atoms with van der Waals surface area (Å²) in [4.78, 5) is 9.48. The van der Waals surface area contributed by atoms with Crippen molar-refractivity contribution in [1.29, 1.82) is 0 Å². The fourth-order valence-corrected chi connectivity index (χ4v) is 3.02. The minimum Gasteiger partial charge on any atom is -0.480 e. The van der Waals surface area contributed by atoms with Crippen LogP contribution in [0.4, 0.5) is 0 Å². The predicted octanol–water partition coefficient (Wildman–Crippen LogP) is 3.04. The number of carbonyl (C=O) groups is 1. The molecule has 0 saturated carbocycles. The van der Waals surface area contributed by atoms with Crippen molar-refractivity contribution in [2.45, 2.75) is 110 Å². The van der Waals surface area contributed by atoms with Crippen molar-refractivity contribution in [3.63, 3.8) is 0 Å². The smallest absolute Gasteiger partial charge is 0.480 e. The molecule has 7 heteroatoms. The standard InChI is InChI=1S/C18H37.C2H4O5S.Na/c1-3-5-7-9-11-13-15-17-18-16-14-12-10-8-6-4-2;3-2(4)1-8(5,6)7;/h1,3-18H2,2H3;1H2,(H,3,4)(H,5,6,7);/q-1;;+1. The molecule has 158 valence electrons. The molecule has 0 fully saturated rings. The van der Waals surface area contributed by atoms with Crippen LogP contribution in [0.5, 0.6) is 0 Å². The zero-order valence-corrected chi connectivity index (χ0v) is 20.6. The molecule has 5 nitrogen and oxygen atoms in total. The first-order valence-corrected chi connectivity index (χ1v) is 11.9. The van der Waals surface area contributed by atoms with Gasteiger partial charge in [-0.05, 0) is 0 Å². The van der Waals surface area contributed by atoms with E-state index >= 15 is 0 Å². The molecule has 0 amide bonds. The molecular weight excluding hydrogens is 375 g/mol. The number of unbranched alkanes of at least 4 members (excludes halogenated alkanes) is 15. The Bertz CT molecular complexity index is 383. The molecule has 0 heterocycles. The van der Waals surface area contributed by atoms with E-state index < -0.39 is 21.8 Å². The van der Waals surface area contributed by atoms with Gasteiger partial charge in [-0.25, -0.2) is 0 Å². The van der Waals surface area contributed by atoms with Crippen LogP contribution >= 0.6 is 0 Å². The van der Waals surface area contributed by atoms with Gasteiger partial charge in [0.15, 0.2) is 5.75 Å². The summed E-state index contributed by atoms with van der Waals surface area (Å²) in [6.45, 7) is 6.18. The molecule has 2 N–H and O–H groups in total. The summed E-state index contributed by atoms with van der Waals surface area (Å²) in [5.41, 5.74) is 0. The van der Waals surface area contributed by atoms with E-state index in [1.807, 2.05) is 0 Å². The van der Waals surface area contributed by atoms with Crippen LogP contribution in [0.2, 0.25) is 0 Å². The summed E-state index contributed by atoms with van der Waals surface area (Å²) >= 11 is 0. The van der Waals surface area contributed by atoms with Crippen molar-refractivity contribution in [3.05, 3.63) is 6.92 Å². The van der Waals surface area contributed by atoms with Crippen molar-refractivity contribution in [2.75, 3.05) is 5.75 Å². The van der Waals surface area contributed by atoms with Crippen LogP contribution in [0.3, 0.4) is 0 Å². The Morgan fingerprint density at radius 1 is 0.741 bits per heavy atom. The largest absolute Gasteiger partial charge is 1.00 e. The normalized spacial score (nSPS) is 10.6. The van der Waals surface area contributed by atoms with Crippen LogP contribution in [0.1, 0.15) is 110 Å². The van der Waals surface area contributed by atoms with Gasteiger partial charge in [0.25, 0.3) is 10.1 Å². The summed E-state index contributed by atoms with van der Waals surface area (Å²) in [6, 6.07) is 0. The number of rotatable bonds is 17. The summed E-state index contributed by atoms with van der Waals surface area (Å²) in [5, 5.41) is 7.71. The average Bonchev–Trinajstić information content (AvgIpc) is 2.53. The Morgan fingerprint density at radius 3 is 1.22 bits per heavy atom. The molecular formula is C20H41NaO5S. The molecule has 0 rings (SSSR count). The summed E-state index contributed by atoms with van der Waals surface area (Å²) < 4.78 is 27.0. The molecule has 0 saturated heterocycles. The predicted molar refractivity (Wildman–Crippen MR) is 109 cm³/mol. The quantitative estimate of drug-likeness (QED) is 0.165. The van der Waals surface area contributed by atoms with Gasteiger partial charge in [-0.3, -0.25) is 9.35 Å². The maximum Gasteiger partial charge on any atom is 1.00 e. The third-order valence-corrected chi connectivity index (χ3v) is 4.77. The molecule has 27 heavy (non-hydrogen) atoms. The Balaban J connectivity index is -0.000000542. The van der Waals surface area contributed by atoms with E-state index in [2.05, 4.69) is 13.8 Å². The maximum atomic E-state index is 9.62. The minimum atomic E-state index is -4.32. The Labute approximate surface area is 190 Å². The molecule has 0 aliphatic rings. The second-order valence-electron chi connectivity index (χ2n) is 6.92. The van der Waals surface area contributed by atoms with E-state index in [4.69, 9.17) is 9.66 Å². The molecule has 0 aromatic carbocycles. The van der Waals surface area contributed by atoms with Gasteiger partial charge in [0.05, 0.1) is 0 Å². The molecule has 0 aliphatic heterocycles. The molecule has 0 aliphatic carbocycles. The molecule has 0 unspecified atom stereocenters. The van der Waals surface area contributed by atoms with Gasteiger partial charge in [0, 0.05) is 0 Å². The van der Waals surface area contributed by atoms with Gasteiger partial charge < -0.3 is 12.0 Å². The van der Waals surface area contributed by atoms with E-state index in [9.17, 15) is 13.2 Å². The van der Waals surface area contributed by atoms with Gasteiger partial charge in [-0.2, -0.15) is 14.8 Å². The molecule has 0 atom stereocenters. The first-order valence-electron chi connectivity index (χ1n) is 10.3. The van der Waals surface area contributed by atoms with Crippen molar-refractivity contribution < 1.29 is 52.4 Å². The van der Waals surface area contributed by atoms with Gasteiger partial charge in [0.2, 0.25) is 0 Å². The third-order valence-electron chi connectivity index (χ3n) is 4.16. The summed E-state index contributed by atoms with van der Waals surface area (Å²) in [5.74, 6) is -2.79. The van der Waals surface area contributed by atoms with Crippen LogP contribution in [0.25, 0.3) is 0 Å². The summed E-state index contributed by atoms with van der Waals surface area (Å²) in [6.07, 6.45) is 22.8. The zero-order valence-electron chi connectivity index (χ0n) is 17.8. The van der Waals surface area contributed by atoms with Crippen LogP contribution < -0.4 is 29.6 Å². The van der Waals surface area contributed by atoms with Crippen LogP contribution in [-0.2, 0) is 14.9 Å². The molecule has 0 bridgehead atoms. The molecule has 0 aromatic heterocycles. The number of carboxylic acid groups (broad SMARTS) is 1. The van der Waals surface area contributed by atoms with Gasteiger partial charge in [0.1, 0.15) is 0 Å². The number of carboxylic acids is 1. The molecule has 0 spiro atoms. The Hall–Kier alpha value is 0.380. The van der Waals surface area contributed by atoms with Crippen molar-refractivity contribution in [3.8, 4) is 0 Å². The van der Waals surface area contributed by atoms with Crippen molar-refractivity contribution in [1.82, 2.24) is 0 Å². The van der Waals surface area contributed by atoms with Crippen LogP contribution in [0, 0.1) is 6.92 Å². The van der Waals surface area contributed by atoms with Crippen LogP contribution in [0.15, 0.2) is 0 Å². The van der Waals surface area contributed by atoms with E-state index in [0.29, 0.717) is 0 Å². The van der Waals surface area contributed by atoms with E-state index in [-0.39, 0.29) is 29.6 Å². The fourth-order valence-electron chi connectivity index (χ4n) is 2.70. The van der Waals surface area contributed by atoms with Crippen molar-refractivity contribution >= 4 is 16.1 Å². The second kappa shape index (κ2) is 24.4. The van der Waals surface area contributed by atoms with Crippen LogP contribution in [-0.4, -0.2) is 29.8 Å².